The molecule has 0 bridgehead atoms. The first-order valence-corrected chi connectivity index (χ1v) is 8.38. The van der Waals surface area contributed by atoms with Crippen LogP contribution in [0, 0.1) is 13.8 Å². The smallest absolute Gasteiger partial charge is 0.322 e. The zero-order valence-corrected chi connectivity index (χ0v) is 14.6. The summed E-state index contributed by atoms with van der Waals surface area (Å²) < 4.78 is 6.99. The molecule has 0 saturated carbocycles. The third-order valence-electron chi connectivity index (χ3n) is 3.11. The quantitative estimate of drug-likeness (QED) is 0.697. The fourth-order valence-corrected chi connectivity index (χ4v) is 2.63. The minimum atomic E-state index is -0.265. The average Bonchev–Trinajstić information content (AvgIpc) is 3.11. The Morgan fingerprint density at radius 2 is 2.12 bits per heavy atom. The molecule has 3 rings (SSSR count). The van der Waals surface area contributed by atoms with Gasteiger partial charge in [-0.05, 0) is 19.9 Å². The van der Waals surface area contributed by atoms with Crippen LogP contribution in [-0.4, -0.2) is 41.4 Å². The monoisotopic (exact) mass is 347 g/mol. The van der Waals surface area contributed by atoms with E-state index in [2.05, 4.69) is 30.6 Å². The van der Waals surface area contributed by atoms with Gasteiger partial charge in [-0.2, -0.15) is 4.98 Å². The van der Waals surface area contributed by atoms with E-state index in [4.69, 9.17) is 4.42 Å². The maximum Gasteiger partial charge on any atom is 0.322 e. The number of hydrogen-bond donors (Lipinski definition) is 1. The van der Waals surface area contributed by atoms with Crippen LogP contribution in [0.2, 0.25) is 0 Å². The van der Waals surface area contributed by atoms with E-state index >= 15 is 0 Å². The molecule has 0 atom stereocenters. The molecule has 0 aliphatic carbocycles. The van der Waals surface area contributed by atoms with Gasteiger partial charge in [0.1, 0.15) is 0 Å². The van der Waals surface area contributed by atoms with E-state index < -0.39 is 0 Å². The highest BCUT2D eigenvalue weighted by atomic mass is 32.2. The lowest BCUT2D eigenvalue weighted by Gasteiger charge is -1.98. The normalized spacial score (nSPS) is 11.4. The third kappa shape index (κ3) is 3.53. The van der Waals surface area contributed by atoms with Crippen molar-refractivity contribution in [1.82, 2.24) is 29.8 Å². The molecule has 9 nitrogen and oxygen atoms in total. The van der Waals surface area contributed by atoms with Crippen molar-refractivity contribution in [3.8, 4) is 0 Å². The van der Waals surface area contributed by atoms with E-state index in [1.165, 1.54) is 11.8 Å². The summed E-state index contributed by atoms with van der Waals surface area (Å²) in [7, 11) is 0. The van der Waals surface area contributed by atoms with Crippen LogP contribution in [-0.2, 0) is 4.79 Å². The number of amides is 1. The zero-order chi connectivity index (χ0) is 17.3. The van der Waals surface area contributed by atoms with Crippen LogP contribution in [0.1, 0.15) is 37.0 Å². The van der Waals surface area contributed by atoms with Crippen LogP contribution >= 0.6 is 11.8 Å². The molecule has 1 N–H and O–H groups in total. The molecule has 10 heteroatoms. The first-order chi connectivity index (χ1) is 11.4. The van der Waals surface area contributed by atoms with Gasteiger partial charge in [-0.3, -0.25) is 10.1 Å². The lowest BCUT2D eigenvalue weighted by atomic mass is 10.2. The van der Waals surface area contributed by atoms with Gasteiger partial charge in [0, 0.05) is 17.3 Å². The molecule has 3 heterocycles. The Labute approximate surface area is 142 Å². The van der Waals surface area contributed by atoms with Crippen LogP contribution in [0.4, 0.5) is 6.01 Å². The van der Waals surface area contributed by atoms with Gasteiger partial charge in [-0.25, -0.2) is 9.50 Å². The van der Waals surface area contributed by atoms with Crippen molar-refractivity contribution in [1.29, 1.82) is 0 Å². The Morgan fingerprint density at radius 3 is 2.83 bits per heavy atom. The van der Waals surface area contributed by atoms with E-state index in [9.17, 15) is 4.79 Å². The predicted molar refractivity (Wildman–Crippen MR) is 88.0 cm³/mol. The van der Waals surface area contributed by atoms with E-state index in [0.717, 1.165) is 11.4 Å². The lowest BCUT2D eigenvalue weighted by molar-refractivity contribution is -0.113. The van der Waals surface area contributed by atoms with Crippen molar-refractivity contribution in [2.24, 2.45) is 0 Å². The third-order valence-corrected chi connectivity index (χ3v) is 3.95. The van der Waals surface area contributed by atoms with Gasteiger partial charge in [0.2, 0.25) is 17.0 Å². The second-order valence-electron chi connectivity index (χ2n) is 5.58. The number of hydrogen-bond acceptors (Lipinski definition) is 8. The van der Waals surface area contributed by atoms with Crippen molar-refractivity contribution in [3.05, 3.63) is 23.3 Å². The Balaban J connectivity index is 1.62. The standard InChI is InChI=1S/C14H17N7O2S/c1-7(2)11-18-19-13(23-11)16-10(22)6-24-14-17-12-15-8(3)5-9(4)21(12)20-14/h5,7H,6H2,1-4H3,(H,16,19,22). The fourth-order valence-electron chi connectivity index (χ4n) is 2.01. The molecule has 1 amide bonds. The molecule has 0 aliphatic rings. The van der Waals surface area contributed by atoms with E-state index in [-0.39, 0.29) is 23.6 Å². The summed E-state index contributed by atoms with van der Waals surface area (Å²) in [5, 5.41) is 15.0. The maximum atomic E-state index is 12.0. The minimum Gasteiger partial charge on any atom is -0.408 e. The molecule has 126 valence electrons. The van der Waals surface area contributed by atoms with Gasteiger partial charge < -0.3 is 4.42 Å². The number of carbonyl (C=O) groups excluding carboxylic acids is 1. The van der Waals surface area contributed by atoms with Crippen molar-refractivity contribution in [2.75, 3.05) is 11.1 Å². The second-order valence-corrected chi connectivity index (χ2v) is 6.52. The number of carbonyl (C=O) groups is 1. The molecule has 0 saturated heterocycles. The van der Waals surface area contributed by atoms with Crippen molar-refractivity contribution >= 4 is 29.5 Å². The van der Waals surface area contributed by atoms with Crippen molar-refractivity contribution in [3.63, 3.8) is 0 Å². The predicted octanol–water partition coefficient (Wildman–Crippen LogP) is 1.98. The SMILES string of the molecule is Cc1cc(C)n2nc(SCC(=O)Nc3nnc(C(C)C)o3)nc2n1. The van der Waals surface area contributed by atoms with E-state index in [0.29, 0.717) is 16.8 Å². The van der Waals surface area contributed by atoms with Crippen LogP contribution in [0.25, 0.3) is 5.78 Å². The molecule has 0 radical (unpaired) electrons. The average molecular weight is 347 g/mol. The van der Waals surface area contributed by atoms with Gasteiger partial charge in [-0.15, -0.1) is 10.2 Å². The molecule has 0 aliphatic heterocycles. The zero-order valence-electron chi connectivity index (χ0n) is 13.8. The minimum absolute atomic E-state index is 0.0976. The summed E-state index contributed by atoms with van der Waals surface area (Å²) in [6.45, 7) is 7.70. The largest absolute Gasteiger partial charge is 0.408 e. The Morgan fingerprint density at radius 1 is 1.33 bits per heavy atom. The number of thioether (sulfide) groups is 1. The summed E-state index contributed by atoms with van der Waals surface area (Å²) in [5.74, 6) is 0.984. The van der Waals surface area contributed by atoms with Crippen LogP contribution in [0.5, 0.6) is 0 Å². The van der Waals surface area contributed by atoms with Crippen molar-refractivity contribution < 1.29 is 9.21 Å². The first kappa shape index (κ1) is 16.4. The number of nitrogens with zero attached hydrogens (tertiary/aromatic N) is 6. The molecule has 3 aromatic rings. The molecule has 0 aromatic carbocycles. The number of aromatic nitrogens is 6. The topological polar surface area (TPSA) is 111 Å². The van der Waals surface area contributed by atoms with Gasteiger partial charge in [0.25, 0.3) is 5.78 Å². The first-order valence-electron chi connectivity index (χ1n) is 7.39. The Bertz CT molecular complexity index is 887. The van der Waals surface area contributed by atoms with Crippen LogP contribution in [0.15, 0.2) is 15.6 Å². The maximum absolute atomic E-state index is 12.0. The molecule has 3 aromatic heterocycles. The van der Waals surface area contributed by atoms with Gasteiger partial charge in [-0.1, -0.05) is 30.7 Å². The molecular weight excluding hydrogens is 330 g/mol. The lowest BCUT2D eigenvalue weighted by Crippen LogP contribution is -2.14. The number of fused-ring (bicyclic) bond motifs is 1. The molecular formula is C14H17N7O2S. The van der Waals surface area contributed by atoms with Crippen LogP contribution < -0.4 is 5.32 Å². The Kier molecular flexibility index (Phi) is 4.47. The number of rotatable bonds is 5. The molecule has 0 unspecified atom stereocenters. The fraction of sp³-hybridized carbons (Fsp3) is 0.429. The molecule has 24 heavy (non-hydrogen) atoms. The van der Waals surface area contributed by atoms with E-state index in [1.54, 1.807) is 4.52 Å². The summed E-state index contributed by atoms with van der Waals surface area (Å²) in [6.07, 6.45) is 0. The van der Waals surface area contributed by atoms with Gasteiger partial charge in [0.15, 0.2) is 0 Å². The molecule has 0 fully saturated rings. The van der Waals surface area contributed by atoms with E-state index in [1.807, 2.05) is 33.8 Å². The number of aryl methyl sites for hydroxylation is 2. The summed E-state index contributed by atoms with van der Waals surface area (Å²) in [6, 6.07) is 2.02. The van der Waals surface area contributed by atoms with Gasteiger partial charge in [0.05, 0.1) is 5.75 Å². The van der Waals surface area contributed by atoms with Crippen molar-refractivity contribution in [2.45, 2.75) is 38.8 Å². The Hall–Kier alpha value is -2.49. The number of anilines is 1. The number of nitrogens with one attached hydrogen (secondary N) is 1. The van der Waals surface area contributed by atoms with Crippen LogP contribution in [0.3, 0.4) is 0 Å². The van der Waals surface area contributed by atoms with Gasteiger partial charge >= 0.3 is 6.01 Å². The molecule has 0 spiro atoms. The highest BCUT2D eigenvalue weighted by molar-refractivity contribution is 7.99. The summed E-state index contributed by atoms with van der Waals surface area (Å²) in [5.41, 5.74) is 1.81. The highest BCUT2D eigenvalue weighted by Crippen LogP contribution is 2.17. The highest BCUT2D eigenvalue weighted by Gasteiger charge is 2.14. The summed E-state index contributed by atoms with van der Waals surface area (Å²) in [4.78, 5) is 20.6. The summed E-state index contributed by atoms with van der Waals surface area (Å²) >= 11 is 1.22. The second kappa shape index (κ2) is 6.56.